The molecule has 52 heavy (non-hydrogen) atoms. The van der Waals surface area contributed by atoms with Crippen molar-refractivity contribution in [3.63, 3.8) is 0 Å². The number of aromatic hydroxyl groups is 1. The van der Waals surface area contributed by atoms with E-state index in [-0.39, 0.29) is 42.4 Å². The van der Waals surface area contributed by atoms with Crippen molar-refractivity contribution < 1.29 is 38.8 Å². The Bertz CT molecular complexity index is 1670. The van der Waals surface area contributed by atoms with Crippen molar-refractivity contribution >= 4 is 11.6 Å². The molecule has 1 saturated carbocycles. The predicted octanol–water partition coefficient (Wildman–Crippen LogP) is 5.45. The van der Waals surface area contributed by atoms with Gasteiger partial charge in [-0.1, -0.05) is 55.3 Å². The van der Waals surface area contributed by atoms with Crippen LogP contribution in [0.25, 0.3) is 0 Å². The fourth-order valence-corrected chi connectivity index (χ4v) is 9.10. The number of nitrogens with one attached hydrogen (secondary N) is 2. The van der Waals surface area contributed by atoms with Gasteiger partial charge in [-0.05, 0) is 68.4 Å². The molecule has 5 N–H and O–H groups in total. The number of nitrogens with zero attached hydrogens (tertiary/aromatic N) is 1. The molecule has 8 rings (SSSR count). The molecule has 0 aromatic heterocycles. The summed E-state index contributed by atoms with van der Waals surface area (Å²) < 4.78 is 19.6. The van der Waals surface area contributed by atoms with Crippen molar-refractivity contribution in [2.75, 3.05) is 57.9 Å². The minimum absolute atomic E-state index is 0.0504. The number of aliphatic hydroxyl groups excluding tert-OH is 1. The lowest BCUT2D eigenvalue weighted by Crippen LogP contribution is -2.65. The summed E-state index contributed by atoms with van der Waals surface area (Å²) in [6.07, 6.45) is 6.75. The molecule has 4 heterocycles. The van der Waals surface area contributed by atoms with E-state index in [1.165, 1.54) is 25.0 Å². The molecule has 2 bridgehead atoms. The normalized spacial score (nSPS) is 24.8. The highest BCUT2D eigenvalue weighted by Crippen LogP contribution is 2.43. The molecular formula is C42H56N3O7+. The molecule has 280 valence electrons. The van der Waals surface area contributed by atoms with Crippen LogP contribution in [0.2, 0.25) is 0 Å². The Balaban J connectivity index is 0.888. The van der Waals surface area contributed by atoms with Gasteiger partial charge in [-0.2, -0.15) is 0 Å². The van der Waals surface area contributed by atoms with Crippen molar-refractivity contribution in [1.82, 2.24) is 5.32 Å². The number of aliphatic hydroxyl groups is 2. The van der Waals surface area contributed by atoms with E-state index >= 15 is 0 Å². The number of phenolic OH excluding ortho intramolecular Hbond substituents is 1. The highest BCUT2D eigenvalue weighted by molar-refractivity contribution is 5.96. The fourth-order valence-electron chi connectivity index (χ4n) is 9.10. The van der Waals surface area contributed by atoms with Crippen LogP contribution in [0.5, 0.6) is 17.2 Å². The van der Waals surface area contributed by atoms with Crippen LogP contribution in [-0.4, -0.2) is 89.9 Å². The molecule has 3 aromatic carbocycles. The number of anilines is 1. The van der Waals surface area contributed by atoms with Crippen LogP contribution in [0.1, 0.15) is 75.2 Å². The first-order valence-electron chi connectivity index (χ1n) is 19.2. The number of amides is 1. The minimum atomic E-state index is -0.945. The zero-order chi connectivity index (χ0) is 36.3. The van der Waals surface area contributed by atoms with Gasteiger partial charge in [0.25, 0.3) is 5.91 Å². The lowest BCUT2D eigenvalue weighted by Gasteiger charge is -2.52. The molecule has 1 amide bonds. The van der Waals surface area contributed by atoms with Gasteiger partial charge in [-0.25, -0.2) is 0 Å². The zero-order valence-corrected chi connectivity index (χ0v) is 30.7. The molecule has 3 saturated heterocycles. The topological polar surface area (TPSA) is 130 Å². The van der Waals surface area contributed by atoms with Gasteiger partial charge in [-0.3, -0.25) is 4.79 Å². The molecule has 10 heteroatoms. The summed E-state index contributed by atoms with van der Waals surface area (Å²) in [5.74, 6) is 1.70. The van der Waals surface area contributed by atoms with Gasteiger partial charge < -0.3 is 44.6 Å². The summed E-state index contributed by atoms with van der Waals surface area (Å²) in [5.41, 5.74) is 1.65. The molecule has 3 atom stereocenters. The van der Waals surface area contributed by atoms with Gasteiger partial charge in [0.2, 0.25) is 0 Å². The lowest BCUT2D eigenvalue weighted by molar-refractivity contribution is -0.946. The van der Waals surface area contributed by atoms with E-state index in [9.17, 15) is 20.1 Å². The van der Waals surface area contributed by atoms with Crippen molar-refractivity contribution in [3.8, 4) is 17.2 Å². The number of ether oxygens (including phenoxy) is 3. The molecule has 0 radical (unpaired) electrons. The highest BCUT2D eigenvalue weighted by Gasteiger charge is 2.48. The minimum Gasteiger partial charge on any atom is -0.508 e. The maximum atomic E-state index is 12.1. The van der Waals surface area contributed by atoms with Gasteiger partial charge in [0.1, 0.15) is 48.6 Å². The first-order chi connectivity index (χ1) is 25.0. The van der Waals surface area contributed by atoms with E-state index in [0.29, 0.717) is 36.1 Å². The maximum absolute atomic E-state index is 12.1. The van der Waals surface area contributed by atoms with Crippen molar-refractivity contribution in [3.05, 3.63) is 83.4 Å². The van der Waals surface area contributed by atoms with Gasteiger partial charge in [0.05, 0.1) is 31.5 Å². The van der Waals surface area contributed by atoms with E-state index in [1.807, 2.05) is 30.3 Å². The number of hydrogen-bond acceptors (Lipinski definition) is 8. The molecule has 3 aromatic rings. The second kappa shape index (κ2) is 15.4. The van der Waals surface area contributed by atoms with Crippen molar-refractivity contribution in [2.45, 2.75) is 82.1 Å². The SMILES string of the molecule is CC(C)(Cc1ccc(OCC[N+]23CCC(CC2)[C@@H](OC[C@@](O)(c2ccccc2)C2CCCC2)C3)cc1)NC[C@H](O)c1cc(O)cc2c1OCC(=O)N2. The Kier molecular flexibility index (Phi) is 10.8. The van der Waals surface area contributed by atoms with Crippen LogP contribution in [0.3, 0.4) is 0 Å². The highest BCUT2D eigenvalue weighted by atomic mass is 16.5. The number of piperidine rings is 3. The van der Waals surface area contributed by atoms with Crippen LogP contribution < -0.4 is 20.1 Å². The Morgan fingerprint density at radius 3 is 2.48 bits per heavy atom. The van der Waals surface area contributed by atoms with E-state index in [4.69, 9.17) is 14.2 Å². The van der Waals surface area contributed by atoms with Gasteiger partial charge >= 0.3 is 0 Å². The zero-order valence-electron chi connectivity index (χ0n) is 30.7. The number of carbonyl (C=O) groups excluding carboxylic acids is 1. The molecule has 0 unspecified atom stereocenters. The molecule has 5 aliphatic rings. The molecule has 0 spiro atoms. The van der Waals surface area contributed by atoms with Gasteiger partial charge in [0, 0.05) is 42.5 Å². The standard InChI is InChI=1S/C42H55N3O7/c1-41(2,43-25-37(47)35-22-33(46)23-36-40(35)51-27-39(48)44-36)24-29-12-14-34(15-13-29)50-21-20-45-18-16-30(17-19-45)38(26-45)52-28-42(49,32-10-6-7-11-32)31-8-4-3-5-9-31/h3-5,8-9,12-15,22-23,30,32,37-38,43,47,49H,6-7,10-11,16-21,24-28H2,1-2H3,(H-,44,46,48)/p+1/t30?,37-,38-,42+,45?/m0/s1. The summed E-state index contributed by atoms with van der Waals surface area (Å²) in [6, 6.07) is 21.3. The van der Waals surface area contributed by atoms with E-state index in [0.717, 1.165) is 79.6 Å². The summed E-state index contributed by atoms with van der Waals surface area (Å²) in [6.45, 7) is 9.54. The number of β-amino-alcohol motifs (C(OH)–C–C–N with tert-alkyl or cyclic N) is 1. The molecule has 1 aliphatic carbocycles. The molecular weight excluding hydrogens is 658 g/mol. The summed E-state index contributed by atoms with van der Waals surface area (Å²) in [7, 11) is 0. The third-order valence-electron chi connectivity index (χ3n) is 12.1. The number of benzene rings is 3. The number of rotatable bonds is 15. The monoisotopic (exact) mass is 714 g/mol. The van der Waals surface area contributed by atoms with Gasteiger partial charge in [-0.15, -0.1) is 0 Å². The number of carbonyl (C=O) groups is 1. The van der Waals surface area contributed by atoms with E-state index in [2.05, 4.69) is 48.7 Å². The summed E-state index contributed by atoms with van der Waals surface area (Å²) in [5, 5.41) is 39.3. The number of quaternary nitrogens is 1. The predicted molar refractivity (Wildman–Crippen MR) is 199 cm³/mol. The van der Waals surface area contributed by atoms with Crippen LogP contribution in [0.4, 0.5) is 5.69 Å². The molecule has 4 fully saturated rings. The second-order valence-corrected chi connectivity index (χ2v) is 16.4. The van der Waals surface area contributed by atoms with Crippen molar-refractivity contribution in [2.24, 2.45) is 11.8 Å². The third-order valence-corrected chi connectivity index (χ3v) is 12.1. The first kappa shape index (κ1) is 36.7. The fraction of sp³-hybridized carbons (Fsp3) is 0.548. The summed E-state index contributed by atoms with van der Waals surface area (Å²) in [4.78, 5) is 11.7. The van der Waals surface area contributed by atoms with Crippen LogP contribution in [-0.2, 0) is 21.6 Å². The first-order valence-corrected chi connectivity index (χ1v) is 19.2. The maximum Gasteiger partial charge on any atom is 0.262 e. The summed E-state index contributed by atoms with van der Waals surface area (Å²) >= 11 is 0. The average molecular weight is 715 g/mol. The Morgan fingerprint density at radius 2 is 1.75 bits per heavy atom. The van der Waals surface area contributed by atoms with Crippen LogP contribution in [0, 0.1) is 11.8 Å². The van der Waals surface area contributed by atoms with Crippen LogP contribution >= 0.6 is 0 Å². The smallest absolute Gasteiger partial charge is 0.262 e. The Morgan fingerprint density at radius 1 is 1.02 bits per heavy atom. The second-order valence-electron chi connectivity index (χ2n) is 16.4. The van der Waals surface area contributed by atoms with Crippen molar-refractivity contribution in [1.29, 1.82) is 0 Å². The van der Waals surface area contributed by atoms with E-state index < -0.39 is 11.7 Å². The quantitative estimate of drug-likeness (QED) is 0.132. The number of phenols is 1. The lowest BCUT2D eigenvalue weighted by atomic mass is 9.80. The number of hydrogen-bond donors (Lipinski definition) is 5. The Hall–Kier alpha value is -3.67. The third kappa shape index (κ3) is 8.26. The van der Waals surface area contributed by atoms with E-state index in [1.54, 1.807) is 0 Å². The molecule has 10 nitrogen and oxygen atoms in total. The van der Waals surface area contributed by atoms with Gasteiger partial charge in [0.15, 0.2) is 6.61 Å². The average Bonchev–Trinajstić information content (AvgIpc) is 3.70. The largest absolute Gasteiger partial charge is 0.508 e. The Labute approximate surface area is 307 Å². The molecule has 4 aliphatic heterocycles. The van der Waals surface area contributed by atoms with Crippen LogP contribution in [0.15, 0.2) is 66.7 Å². The number of fused-ring (bicyclic) bond motifs is 4.